The van der Waals surface area contributed by atoms with E-state index < -0.39 is 0 Å². The summed E-state index contributed by atoms with van der Waals surface area (Å²) in [4.78, 5) is 14.8. The van der Waals surface area contributed by atoms with Crippen molar-refractivity contribution in [1.29, 1.82) is 0 Å². The van der Waals surface area contributed by atoms with Crippen LogP contribution in [0.2, 0.25) is 0 Å². The molecule has 0 unspecified atom stereocenters. The van der Waals surface area contributed by atoms with Gasteiger partial charge in [0.1, 0.15) is 0 Å². The summed E-state index contributed by atoms with van der Waals surface area (Å²) in [6.07, 6.45) is 5.71. The average Bonchev–Trinajstić information content (AvgIpc) is 2.61. The molecule has 0 N–H and O–H groups in total. The fourth-order valence-corrected chi connectivity index (χ4v) is 3.95. The first-order chi connectivity index (χ1) is 11.2. The molecule has 0 radical (unpaired) electrons. The average molecular weight is 313 g/mol. The Hall–Kier alpha value is -1.77. The van der Waals surface area contributed by atoms with Gasteiger partial charge in [0.2, 0.25) is 0 Å². The number of nitrogens with zero attached hydrogens (tertiary/aromatic N) is 1. The number of ether oxygens (including phenoxy) is 1. The Morgan fingerprint density at radius 1 is 1.26 bits per heavy atom. The van der Waals surface area contributed by atoms with Gasteiger partial charge in [-0.15, -0.1) is 0 Å². The summed E-state index contributed by atoms with van der Waals surface area (Å²) in [6, 6.07) is 10.9. The monoisotopic (exact) mass is 313 g/mol. The lowest BCUT2D eigenvalue weighted by Gasteiger charge is -2.43. The lowest BCUT2D eigenvalue weighted by atomic mass is 9.83. The molecular weight excluding hydrogens is 286 g/mol. The summed E-state index contributed by atoms with van der Waals surface area (Å²) < 4.78 is 5.31. The van der Waals surface area contributed by atoms with Gasteiger partial charge in [-0.2, -0.15) is 0 Å². The van der Waals surface area contributed by atoms with E-state index in [0.717, 1.165) is 25.8 Å². The molecule has 124 valence electrons. The van der Waals surface area contributed by atoms with Crippen molar-refractivity contribution in [1.82, 2.24) is 4.90 Å². The van der Waals surface area contributed by atoms with Crippen LogP contribution in [0.4, 0.5) is 0 Å². The zero-order valence-corrected chi connectivity index (χ0v) is 14.3. The molecule has 0 amide bonds. The van der Waals surface area contributed by atoms with Crippen molar-refractivity contribution in [3.8, 4) is 0 Å². The van der Waals surface area contributed by atoms with Crippen molar-refractivity contribution in [2.75, 3.05) is 13.2 Å². The first kappa shape index (κ1) is 16.1. The van der Waals surface area contributed by atoms with E-state index in [4.69, 9.17) is 4.74 Å². The van der Waals surface area contributed by atoms with Gasteiger partial charge in [-0.3, -0.25) is 4.79 Å². The topological polar surface area (TPSA) is 29.5 Å². The molecule has 1 aliphatic heterocycles. The zero-order chi connectivity index (χ0) is 16.2. The number of hydrogen-bond donors (Lipinski definition) is 0. The Morgan fingerprint density at radius 2 is 2.00 bits per heavy atom. The predicted molar refractivity (Wildman–Crippen MR) is 91.8 cm³/mol. The summed E-state index contributed by atoms with van der Waals surface area (Å²) in [5, 5.41) is 0. The SMILES string of the molecule is CCOC(=O)[C@H]1CC2=C(CCCC2)N([C@H](C)c2ccccc2)C1. The number of esters is 1. The van der Waals surface area contributed by atoms with Gasteiger partial charge in [0.15, 0.2) is 0 Å². The number of benzene rings is 1. The van der Waals surface area contributed by atoms with Crippen molar-refractivity contribution in [2.24, 2.45) is 5.92 Å². The van der Waals surface area contributed by atoms with Crippen LogP contribution < -0.4 is 0 Å². The molecule has 0 fully saturated rings. The van der Waals surface area contributed by atoms with Gasteiger partial charge in [-0.25, -0.2) is 0 Å². The highest BCUT2D eigenvalue weighted by Gasteiger charge is 2.34. The Kier molecular flexibility index (Phi) is 5.04. The van der Waals surface area contributed by atoms with Crippen molar-refractivity contribution in [3.63, 3.8) is 0 Å². The number of carbonyl (C=O) groups is 1. The van der Waals surface area contributed by atoms with Gasteiger partial charge in [-0.05, 0) is 51.5 Å². The third-order valence-electron chi connectivity index (χ3n) is 5.18. The molecule has 0 saturated carbocycles. The Morgan fingerprint density at radius 3 is 2.74 bits per heavy atom. The maximum absolute atomic E-state index is 12.3. The lowest BCUT2D eigenvalue weighted by Crippen LogP contribution is -2.40. The highest BCUT2D eigenvalue weighted by atomic mass is 16.5. The fraction of sp³-hybridized carbons (Fsp3) is 0.550. The molecule has 0 saturated heterocycles. The molecule has 1 aromatic carbocycles. The normalized spacial score (nSPS) is 22.5. The molecular formula is C20H27NO2. The number of hydrogen-bond acceptors (Lipinski definition) is 3. The van der Waals surface area contributed by atoms with Crippen LogP contribution in [-0.2, 0) is 9.53 Å². The molecule has 1 aromatic rings. The van der Waals surface area contributed by atoms with Crippen LogP contribution in [0.3, 0.4) is 0 Å². The van der Waals surface area contributed by atoms with Crippen molar-refractivity contribution >= 4 is 5.97 Å². The first-order valence-electron chi connectivity index (χ1n) is 8.89. The molecule has 3 rings (SSSR count). The van der Waals surface area contributed by atoms with Crippen LogP contribution in [0.1, 0.15) is 57.6 Å². The Labute approximate surface area is 139 Å². The van der Waals surface area contributed by atoms with Crippen LogP contribution >= 0.6 is 0 Å². The van der Waals surface area contributed by atoms with Gasteiger partial charge >= 0.3 is 5.97 Å². The van der Waals surface area contributed by atoms with Crippen LogP contribution in [0, 0.1) is 5.92 Å². The molecule has 2 atom stereocenters. The largest absolute Gasteiger partial charge is 0.466 e. The minimum Gasteiger partial charge on any atom is -0.466 e. The molecule has 3 heteroatoms. The van der Waals surface area contributed by atoms with Crippen LogP contribution in [0.15, 0.2) is 41.6 Å². The van der Waals surface area contributed by atoms with E-state index in [-0.39, 0.29) is 11.9 Å². The van der Waals surface area contributed by atoms with Crippen LogP contribution in [0.25, 0.3) is 0 Å². The molecule has 0 bridgehead atoms. The van der Waals surface area contributed by atoms with Gasteiger partial charge < -0.3 is 9.64 Å². The fourth-order valence-electron chi connectivity index (χ4n) is 3.95. The number of carbonyl (C=O) groups excluding carboxylic acids is 1. The third-order valence-corrected chi connectivity index (χ3v) is 5.18. The smallest absolute Gasteiger partial charge is 0.311 e. The Bertz CT molecular complexity index is 579. The minimum atomic E-state index is -0.0325. The highest BCUT2D eigenvalue weighted by Crippen LogP contribution is 2.40. The standard InChI is InChI=1S/C20H27NO2/c1-3-23-20(22)18-13-17-11-7-8-12-19(17)21(14-18)15(2)16-9-5-4-6-10-16/h4-6,9-10,15,18H,3,7-8,11-14H2,1-2H3/t15-,18+/m1/s1. The van der Waals surface area contributed by atoms with Gasteiger partial charge in [0.05, 0.1) is 18.6 Å². The third kappa shape index (κ3) is 3.44. The predicted octanol–water partition coefficient (Wildman–Crippen LogP) is 4.46. The van der Waals surface area contributed by atoms with Crippen molar-refractivity contribution in [3.05, 3.63) is 47.2 Å². The summed E-state index contributed by atoms with van der Waals surface area (Å²) in [5.74, 6) is -0.0483. The summed E-state index contributed by atoms with van der Waals surface area (Å²) in [5.41, 5.74) is 4.30. The quantitative estimate of drug-likeness (QED) is 0.769. The van der Waals surface area contributed by atoms with Gasteiger partial charge in [-0.1, -0.05) is 35.9 Å². The molecule has 0 spiro atoms. The second-order valence-electron chi connectivity index (χ2n) is 6.65. The number of rotatable bonds is 4. The summed E-state index contributed by atoms with van der Waals surface area (Å²) >= 11 is 0. The molecule has 2 aliphatic rings. The van der Waals surface area contributed by atoms with E-state index in [9.17, 15) is 4.79 Å². The molecule has 23 heavy (non-hydrogen) atoms. The molecule has 3 nitrogen and oxygen atoms in total. The van der Waals surface area contributed by atoms with E-state index in [0.29, 0.717) is 12.6 Å². The van der Waals surface area contributed by atoms with Gasteiger partial charge in [0, 0.05) is 12.2 Å². The number of allylic oxidation sites excluding steroid dienone is 2. The van der Waals surface area contributed by atoms with E-state index >= 15 is 0 Å². The van der Waals surface area contributed by atoms with E-state index in [1.54, 1.807) is 0 Å². The second-order valence-corrected chi connectivity index (χ2v) is 6.65. The van der Waals surface area contributed by atoms with Crippen molar-refractivity contribution < 1.29 is 9.53 Å². The first-order valence-corrected chi connectivity index (χ1v) is 8.89. The Balaban J connectivity index is 1.87. The minimum absolute atomic E-state index is 0.0158. The van der Waals surface area contributed by atoms with E-state index in [2.05, 4.69) is 42.2 Å². The second kappa shape index (κ2) is 7.20. The molecule has 1 heterocycles. The van der Waals surface area contributed by atoms with Gasteiger partial charge in [0.25, 0.3) is 0 Å². The summed E-state index contributed by atoms with van der Waals surface area (Å²) in [7, 11) is 0. The van der Waals surface area contributed by atoms with Crippen LogP contribution in [-0.4, -0.2) is 24.0 Å². The maximum Gasteiger partial charge on any atom is 0.311 e. The van der Waals surface area contributed by atoms with Crippen molar-refractivity contribution in [2.45, 2.75) is 52.0 Å². The highest BCUT2D eigenvalue weighted by molar-refractivity contribution is 5.73. The molecule has 0 aromatic heterocycles. The lowest BCUT2D eigenvalue weighted by molar-refractivity contribution is -0.149. The van der Waals surface area contributed by atoms with E-state index in [1.165, 1.54) is 29.7 Å². The zero-order valence-electron chi connectivity index (χ0n) is 14.3. The van der Waals surface area contributed by atoms with E-state index in [1.807, 2.05) is 6.92 Å². The van der Waals surface area contributed by atoms with Crippen LogP contribution in [0.5, 0.6) is 0 Å². The summed E-state index contributed by atoms with van der Waals surface area (Å²) in [6.45, 7) is 5.39. The maximum atomic E-state index is 12.3. The molecule has 1 aliphatic carbocycles.